The van der Waals surface area contributed by atoms with Crippen molar-refractivity contribution >= 4 is 46.4 Å². The van der Waals surface area contributed by atoms with Gasteiger partial charge in [0.1, 0.15) is 35.4 Å². The van der Waals surface area contributed by atoms with Gasteiger partial charge >= 0.3 is 0 Å². The summed E-state index contributed by atoms with van der Waals surface area (Å²) in [5.41, 5.74) is 10.6. The van der Waals surface area contributed by atoms with E-state index in [0.29, 0.717) is 57.0 Å². The molecule has 3 fully saturated rings. The van der Waals surface area contributed by atoms with Gasteiger partial charge < -0.3 is 24.8 Å². The molecule has 5 amide bonds. The number of nitrogens with two attached hydrogens (primary N) is 1. The molecule has 0 radical (unpaired) electrons. The van der Waals surface area contributed by atoms with Crippen LogP contribution in [0.4, 0.5) is 5.82 Å². The van der Waals surface area contributed by atoms with Crippen molar-refractivity contribution in [2.24, 2.45) is 0 Å². The average Bonchev–Trinajstić information content (AvgIpc) is 3.81. The number of imide groups is 2. The first-order chi connectivity index (χ1) is 31.1. The number of benzene rings is 3. The van der Waals surface area contributed by atoms with Crippen molar-refractivity contribution in [1.29, 1.82) is 0 Å². The normalized spacial score (nSPS) is 21.0. The van der Waals surface area contributed by atoms with Crippen LogP contribution in [-0.2, 0) is 36.9 Å². The van der Waals surface area contributed by atoms with Crippen LogP contribution in [0, 0.1) is 0 Å². The largest absolute Gasteiger partial charge is 0.457 e. The number of para-hydroxylation sites is 1. The predicted molar refractivity (Wildman–Crippen MR) is 232 cm³/mol. The second-order valence-corrected chi connectivity index (χ2v) is 17.3. The number of carbonyl (C=O) groups excluding carboxylic acids is 5. The van der Waals surface area contributed by atoms with Crippen LogP contribution in [0.1, 0.15) is 82.8 Å². The highest BCUT2D eigenvalue weighted by Crippen LogP contribution is 2.40. The number of rotatable bonds is 11. The zero-order chi connectivity index (χ0) is 44.0. The van der Waals surface area contributed by atoms with Gasteiger partial charge in [-0.25, -0.2) is 14.6 Å². The first-order valence-electron chi connectivity index (χ1n) is 22.0. The minimum atomic E-state index is -1.01. The molecule has 3 N–H and O–H groups in total. The maximum atomic E-state index is 13.5. The zero-order valence-corrected chi connectivity index (χ0v) is 35.4. The fraction of sp³-hybridized carbons (Fsp3) is 0.404. The maximum Gasteiger partial charge on any atom is 0.262 e. The summed E-state index contributed by atoms with van der Waals surface area (Å²) in [6.45, 7) is 4.62. The summed E-state index contributed by atoms with van der Waals surface area (Å²) in [6.07, 6.45) is 5.71. The first-order valence-corrected chi connectivity index (χ1v) is 22.0. The summed E-state index contributed by atoms with van der Waals surface area (Å²) in [6, 6.07) is 20.0. The SMILES string of the molecule is Nc1ncnc2c1c(-c1ccc(Oc3ccccc3)cc1)nn2[C@@H]1CCCN(CCOCCC(=O)N2CCC3(CC2)Cc2cc4c(cc2CO3)C(=O)N(C2CCC(=O)NC2=O)C4=O)C1. The Hall–Kier alpha value is -6.56. The number of aromatic nitrogens is 4. The van der Waals surface area contributed by atoms with Gasteiger partial charge in [0.15, 0.2) is 5.65 Å². The minimum absolute atomic E-state index is 0.0422. The van der Waals surface area contributed by atoms with Crippen LogP contribution in [0.15, 0.2) is 73.1 Å². The number of anilines is 1. The number of nitrogens with zero attached hydrogens (tertiary/aromatic N) is 7. The van der Waals surface area contributed by atoms with E-state index in [2.05, 4.69) is 20.2 Å². The molecule has 5 aromatic rings. The Labute approximate surface area is 368 Å². The lowest BCUT2D eigenvalue weighted by atomic mass is 9.81. The molecular formula is C47H49N9O8. The summed E-state index contributed by atoms with van der Waals surface area (Å²) in [4.78, 5) is 78.4. The Morgan fingerprint density at radius 1 is 0.891 bits per heavy atom. The summed E-state index contributed by atoms with van der Waals surface area (Å²) in [7, 11) is 0. The Morgan fingerprint density at radius 3 is 2.41 bits per heavy atom. The van der Waals surface area contributed by atoms with Crippen molar-refractivity contribution in [3.63, 3.8) is 0 Å². The Kier molecular flexibility index (Phi) is 11.1. The van der Waals surface area contributed by atoms with E-state index in [4.69, 9.17) is 25.0 Å². The Balaban J connectivity index is 0.694. The van der Waals surface area contributed by atoms with Gasteiger partial charge in [0.2, 0.25) is 17.7 Å². The van der Waals surface area contributed by atoms with E-state index in [0.717, 1.165) is 76.6 Å². The van der Waals surface area contributed by atoms with Crippen LogP contribution >= 0.6 is 0 Å². The molecule has 17 heteroatoms. The molecule has 0 bridgehead atoms. The van der Waals surface area contributed by atoms with E-state index in [1.807, 2.05) is 64.2 Å². The molecule has 2 atom stereocenters. The molecule has 1 unspecified atom stereocenters. The van der Waals surface area contributed by atoms with Crippen molar-refractivity contribution in [1.82, 2.24) is 39.8 Å². The summed E-state index contributed by atoms with van der Waals surface area (Å²) in [5, 5.41) is 8.05. The number of likely N-dealkylation sites (tertiary alicyclic amines) is 2. The monoisotopic (exact) mass is 867 g/mol. The highest BCUT2D eigenvalue weighted by Gasteiger charge is 2.47. The molecule has 64 heavy (non-hydrogen) atoms. The van der Waals surface area contributed by atoms with Gasteiger partial charge in [0.05, 0.1) is 54.4 Å². The molecule has 7 heterocycles. The molecule has 3 saturated heterocycles. The highest BCUT2D eigenvalue weighted by atomic mass is 16.5. The molecule has 10 rings (SSSR count). The van der Waals surface area contributed by atoms with E-state index in [-0.39, 0.29) is 48.9 Å². The standard InChI is InChI=1S/C47H49N9O8/c48-42-40-41(29-8-10-34(11-9-29)64-33-6-2-1-3-7-33)52-56(43(40)50-28-49-42)32-5-4-17-53(26-32)20-22-62-21-14-39(58)54-18-15-47(16-19-54)25-30-23-35-36(24-31(30)27-63-47)46(61)55(45(35)60)37-12-13-38(57)51-44(37)59/h1-3,6-11,23-24,28,32,37H,4-5,12-22,25-27H2,(H2,48,49,50)(H,51,57,59)/t32-,37?/m1/s1. The molecular weight excluding hydrogens is 819 g/mol. The molecule has 330 valence electrons. The maximum absolute atomic E-state index is 13.5. The molecule has 2 aromatic heterocycles. The van der Waals surface area contributed by atoms with Crippen LogP contribution in [-0.4, -0.2) is 122 Å². The molecule has 1 spiro atoms. The summed E-state index contributed by atoms with van der Waals surface area (Å²) < 4.78 is 20.4. The Bertz CT molecular complexity index is 2640. The molecule has 17 nitrogen and oxygen atoms in total. The van der Waals surface area contributed by atoms with Crippen molar-refractivity contribution in [3.05, 3.63) is 95.3 Å². The smallest absolute Gasteiger partial charge is 0.262 e. The lowest BCUT2D eigenvalue weighted by Gasteiger charge is -2.44. The second kappa shape index (κ2) is 17.2. The van der Waals surface area contributed by atoms with E-state index in [1.54, 1.807) is 12.1 Å². The highest BCUT2D eigenvalue weighted by molar-refractivity contribution is 6.23. The van der Waals surface area contributed by atoms with Gasteiger partial charge in [-0.15, -0.1) is 0 Å². The molecule has 0 aliphatic carbocycles. The van der Waals surface area contributed by atoms with Crippen LogP contribution in [0.2, 0.25) is 0 Å². The van der Waals surface area contributed by atoms with Gasteiger partial charge in [0.25, 0.3) is 11.8 Å². The fourth-order valence-corrected chi connectivity index (χ4v) is 9.82. The number of fused-ring (bicyclic) bond motifs is 3. The van der Waals surface area contributed by atoms with Crippen molar-refractivity contribution in [2.45, 2.75) is 75.7 Å². The van der Waals surface area contributed by atoms with Gasteiger partial charge in [-0.3, -0.25) is 39.1 Å². The lowest BCUT2D eigenvalue weighted by molar-refractivity contribution is -0.142. The van der Waals surface area contributed by atoms with E-state index in [9.17, 15) is 24.0 Å². The number of hydrogen-bond acceptors (Lipinski definition) is 13. The number of nitrogens with one attached hydrogen (secondary N) is 1. The molecule has 3 aromatic carbocycles. The van der Waals surface area contributed by atoms with Crippen LogP contribution in [0.3, 0.4) is 0 Å². The van der Waals surface area contributed by atoms with E-state index < -0.39 is 35.3 Å². The van der Waals surface area contributed by atoms with Gasteiger partial charge in [-0.1, -0.05) is 18.2 Å². The van der Waals surface area contributed by atoms with Crippen molar-refractivity contribution < 1.29 is 38.2 Å². The topological polar surface area (TPSA) is 204 Å². The molecule has 5 aliphatic heterocycles. The third-order valence-corrected chi connectivity index (χ3v) is 13.3. The Morgan fingerprint density at radius 2 is 1.64 bits per heavy atom. The number of amides is 5. The second-order valence-electron chi connectivity index (χ2n) is 17.3. The van der Waals surface area contributed by atoms with Crippen LogP contribution in [0.25, 0.3) is 22.3 Å². The summed E-state index contributed by atoms with van der Waals surface area (Å²) in [5.74, 6) is -0.194. The average molecular weight is 868 g/mol. The number of piperidine rings is 3. The lowest BCUT2D eigenvalue weighted by Crippen LogP contribution is -2.54. The molecule has 5 aliphatic rings. The quantitative estimate of drug-likeness (QED) is 0.139. The molecule has 0 saturated carbocycles. The first kappa shape index (κ1) is 41.5. The number of nitrogen functional groups attached to an aromatic ring is 1. The van der Waals surface area contributed by atoms with Gasteiger partial charge in [-0.2, -0.15) is 5.10 Å². The predicted octanol–water partition coefficient (Wildman–Crippen LogP) is 4.45. The number of hydrogen-bond donors (Lipinski definition) is 2. The van der Waals surface area contributed by atoms with Gasteiger partial charge in [0, 0.05) is 44.6 Å². The minimum Gasteiger partial charge on any atom is -0.457 e. The van der Waals surface area contributed by atoms with Crippen molar-refractivity contribution in [3.8, 4) is 22.8 Å². The zero-order valence-electron chi connectivity index (χ0n) is 35.4. The van der Waals surface area contributed by atoms with E-state index >= 15 is 0 Å². The van der Waals surface area contributed by atoms with Gasteiger partial charge in [-0.05, 0) is 98.3 Å². The number of ether oxygens (including phenoxy) is 3. The third kappa shape index (κ3) is 7.99. The van der Waals surface area contributed by atoms with Crippen LogP contribution < -0.4 is 15.8 Å². The third-order valence-electron chi connectivity index (χ3n) is 13.3. The van der Waals surface area contributed by atoms with E-state index in [1.165, 1.54) is 6.33 Å². The number of carbonyl (C=O) groups is 5. The fourth-order valence-electron chi connectivity index (χ4n) is 9.82. The summed E-state index contributed by atoms with van der Waals surface area (Å²) >= 11 is 0. The van der Waals surface area contributed by atoms with Crippen molar-refractivity contribution in [2.75, 3.05) is 51.7 Å². The van der Waals surface area contributed by atoms with Crippen LogP contribution in [0.5, 0.6) is 11.5 Å².